The maximum Gasteiger partial charge on any atom is 0.314 e. The summed E-state index contributed by atoms with van der Waals surface area (Å²) in [4.78, 5) is 11.8. The number of aliphatic carboxylic acids is 1. The zero-order valence-corrected chi connectivity index (χ0v) is 13.8. The van der Waals surface area contributed by atoms with E-state index in [1.165, 1.54) is 0 Å². The molecule has 0 atom stereocenters. The van der Waals surface area contributed by atoms with E-state index in [9.17, 15) is 9.90 Å². The second kappa shape index (κ2) is 5.76. The van der Waals surface area contributed by atoms with Crippen LogP contribution in [-0.4, -0.2) is 18.2 Å². The zero-order valence-electron chi connectivity index (χ0n) is 12.2. The highest BCUT2D eigenvalue weighted by molar-refractivity contribution is 9.10. The molecule has 1 aromatic rings. The maximum atomic E-state index is 11.8. The molecule has 1 aliphatic rings. The molecule has 2 rings (SSSR count). The summed E-state index contributed by atoms with van der Waals surface area (Å²) in [7, 11) is 1.65. The van der Waals surface area contributed by atoms with Crippen LogP contribution in [0.5, 0.6) is 5.75 Å². The number of halogens is 1. The smallest absolute Gasteiger partial charge is 0.314 e. The van der Waals surface area contributed by atoms with Crippen LogP contribution in [0.3, 0.4) is 0 Å². The molecule has 110 valence electrons. The molecule has 4 heteroatoms. The highest BCUT2D eigenvalue weighted by Crippen LogP contribution is 2.45. The van der Waals surface area contributed by atoms with E-state index in [-0.39, 0.29) is 5.92 Å². The number of carboxylic acids is 1. The number of ether oxygens (including phenoxy) is 1. The standard InChI is InChI=1S/C16H21BrO3/c1-10(2)12-8-11(9-13(17)14(12)20-3)16(15(18)19)6-4-5-7-16/h8-10H,4-7H2,1-3H3,(H,18,19). The molecule has 0 unspecified atom stereocenters. The average Bonchev–Trinajstić information content (AvgIpc) is 2.88. The van der Waals surface area contributed by atoms with Gasteiger partial charge in [0.25, 0.3) is 0 Å². The van der Waals surface area contributed by atoms with Crippen LogP contribution in [-0.2, 0) is 10.2 Å². The van der Waals surface area contributed by atoms with E-state index < -0.39 is 11.4 Å². The Bertz CT molecular complexity index is 517. The van der Waals surface area contributed by atoms with Crippen molar-refractivity contribution in [3.8, 4) is 5.75 Å². The predicted octanol–water partition coefficient (Wildman–Crippen LogP) is 4.48. The first kappa shape index (κ1) is 15.4. The molecule has 0 bridgehead atoms. The summed E-state index contributed by atoms with van der Waals surface area (Å²) >= 11 is 3.53. The Morgan fingerprint density at radius 2 is 1.95 bits per heavy atom. The fourth-order valence-electron chi connectivity index (χ4n) is 3.14. The summed E-state index contributed by atoms with van der Waals surface area (Å²) in [6, 6.07) is 3.94. The van der Waals surface area contributed by atoms with E-state index in [4.69, 9.17) is 4.74 Å². The third-order valence-electron chi connectivity index (χ3n) is 4.32. The number of rotatable bonds is 4. The molecule has 1 aliphatic carbocycles. The Kier molecular flexibility index (Phi) is 4.43. The van der Waals surface area contributed by atoms with E-state index >= 15 is 0 Å². The van der Waals surface area contributed by atoms with Gasteiger partial charge in [-0.2, -0.15) is 0 Å². The number of benzene rings is 1. The van der Waals surface area contributed by atoms with Crippen LogP contribution >= 0.6 is 15.9 Å². The van der Waals surface area contributed by atoms with Crippen LogP contribution in [0.4, 0.5) is 0 Å². The second-order valence-electron chi connectivity index (χ2n) is 5.83. The highest BCUT2D eigenvalue weighted by atomic mass is 79.9. The average molecular weight is 341 g/mol. The summed E-state index contributed by atoms with van der Waals surface area (Å²) < 4.78 is 6.30. The van der Waals surface area contributed by atoms with Crippen molar-refractivity contribution in [2.75, 3.05) is 7.11 Å². The highest BCUT2D eigenvalue weighted by Gasteiger charge is 2.43. The summed E-state index contributed by atoms with van der Waals surface area (Å²) in [6.07, 6.45) is 3.40. The third-order valence-corrected chi connectivity index (χ3v) is 4.91. The van der Waals surface area contributed by atoms with Crippen molar-refractivity contribution in [3.63, 3.8) is 0 Å². The van der Waals surface area contributed by atoms with Crippen molar-refractivity contribution in [3.05, 3.63) is 27.7 Å². The first-order valence-electron chi connectivity index (χ1n) is 7.03. The van der Waals surface area contributed by atoms with Crippen molar-refractivity contribution in [2.45, 2.75) is 50.9 Å². The minimum absolute atomic E-state index is 0.286. The lowest BCUT2D eigenvalue weighted by molar-refractivity contribution is -0.143. The van der Waals surface area contributed by atoms with Gasteiger partial charge in [-0.05, 0) is 51.9 Å². The summed E-state index contributed by atoms with van der Waals surface area (Å²) in [5.41, 5.74) is 1.24. The lowest BCUT2D eigenvalue weighted by atomic mass is 9.77. The molecule has 20 heavy (non-hydrogen) atoms. The molecular formula is C16H21BrO3. The normalized spacial score (nSPS) is 17.4. The monoisotopic (exact) mass is 340 g/mol. The lowest BCUT2D eigenvalue weighted by Crippen LogP contribution is -2.32. The van der Waals surface area contributed by atoms with Gasteiger partial charge in [-0.1, -0.05) is 32.8 Å². The van der Waals surface area contributed by atoms with Gasteiger partial charge in [0.1, 0.15) is 5.75 Å². The molecule has 0 saturated heterocycles. The van der Waals surface area contributed by atoms with Gasteiger partial charge in [-0.15, -0.1) is 0 Å². The number of carboxylic acid groups (broad SMARTS) is 1. The summed E-state index contributed by atoms with van der Waals surface area (Å²) in [5.74, 6) is 0.387. The Hall–Kier alpha value is -1.03. The first-order valence-corrected chi connectivity index (χ1v) is 7.83. The van der Waals surface area contributed by atoms with E-state index in [1.54, 1.807) is 7.11 Å². The Balaban J connectivity index is 2.60. The Labute approximate surface area is 128 Å². The molecule has 0 spiro atoms. The molecule has 0 aromatic heterocycles. The largest absolute Gasteiger partial charge is 0.495 e. The third kappa shape index (κ3) is 2.46. The number of methoxy groups -OCH3 is 1. The molecule has 1 aromatic carbocycles. The Morgan fingerprint density at radius 3 is 2.40 bits per heavy atom. The van der Waals surface area contributed by atoms with Crippen molar-refractivity contribution >= 4 is 21.9 Å². The van der Waals surface area contributed by atoms with Crippen LogP contribution in [0, 0.1) is 0 Å². The van der Waals surface area contributed by atoms with Crippen LogP contribution in [0.25, 0.3) is 0 Å². The van der Waals surface area contributed by atoms with E-state index in [2.05, 4.69) is 29.8 Å². The topological polar surface area (TPSA) is 46.5 Å². The molecular weight excluding hydrogens is 320 g/mol. The van der Waals surface area contributed by atoms with Gasteiger partial charge in [-0.25, -0.2) is 0 Å². The number of carbonyl (C=O) groups is 1. The van der Waals surface area contributed by atoms with Crippen LogP contribution in [0.2, 0.25) is 0 Å². The van der Waals surface area contributed by atoms with Gasteiger partial charge in [0.15, 0.2) is 0 Å². The fraction of sp³-hybridized carbons (Fsp3) is 0.562. The molecule has 0 amide bonds. The molecule has 0 heterocycles. The van der Waals surface area contributed by atoms with Crippen LogP contribution in [0.15, 0.2) is 16.6 Å². The quantitative estimate of drug-likeness (QED) is 0.878. The van der Waals surface area contributed by atoms with Gasteiger partial charge < -0.3 is 9.84 Å². The van der Waals surface area contributed by atoms with Crippen LogP contribution < -0.4 is 4.74 Å². The maximum absolute atomic E-state index is 11.8. The van der Waals surface area contributed by atoms with Crippen molar-refractivity contribution in [1.29, 1.82) is 0 Å². The lowest BCUT2D eigenvalue weighted by Gasteiger charge is -2.27. The molecule has 0 aliphatic heterocycles. The van der Waals surface area contributed by atoms with E-state index in [0.29, 0.717) is 0 Å². The Morgan fingerprint density at radius 1 is 1.35 bits per heavy atom. The van der Waals surface area contributed by atoms with E-state index in [0.717, 1.165) is 47.0 Å². The fourth-order valence-corrected chi connectivity index (χ4v) is 3.78. The van der Waals surface area contributed by atoms with Gasteiger partial charge in [-0.3, -0.25) is 4.79 Å². The second-order valence-corrected chi connectivity index (χ2v) is 6.68. The van der Waals surface area contributed by atoms with Crippen LogP contribution in [0.1, 0.15) is 56.6 Å². The molecule has 3 nitrogen and oxygen atoms in total. The number of hydrogen-bond donors (Lipinski definition) is 1. The van der Waals surface area contributed by atoms with E-state index in [1.807, 2.05) is 12.1 Å². The van der Waals surface area contributed by atoms with Crippen molar-refractivity contribution in [1.82, 2.24) is 0 Å². The summed E-state index contributed by atoms with van der Waals surface area (Å²) in [6.45, 7) is 4.19. The van der Waals surface area contributed by atoms with Gasteiger partial charge in [0.2, 0.25) is 0 Å². The summed E-state index contributed by atoms with van der Waals surface area (Å²) in [5, 5.41) is 9.72. The van der Waals surface area contributed by atoms with Crippen molar-refractivity contribution in [2.24, 2.45) is 0 Å². The molecule has 0 radical (unpaired) electrons. The van der Waals surface area contributed by atoms with Gasteiger partial charge in [0, 0.05) is 0 Å². The minimum atomic E-state index is -0.724. The van der Waals surface area contributed by atoms with Crippen molar-refractivity contribution < 1.29 is 14.6 Å². The first-order chi connectivity index (χ1) is 9.42. The predicted molar refractivity (Wildman–Crippen MR) is 82.6 cm³/mol. The molecule has 1 fully saturated rings. The van der Waals surface area contributed by atoms with Gasteiger partial charge in [0.05, 0.1) is 17.0 Å². The zero-order chi connectivity index (χ0) is 14.9. The molecule has 1 saturated carbocycles. The minimum Gasteiger partial charge on any atom is -0.495 e. The number of hydrogen-bond acceptors (Lipinski definition) is 2. The van der Waals surface area contributed by atoms with Gasteiger partial charge >= 0.3 is 5.97 Å². The molecule has 1 N–H and O–H groups in total. The SMILES string of the molecule is COc1c(Br)cc(C2(C(=O)O)CCCC2)cc1C(C)C.